The van der Waals surface area contributed by atoms with Crippen molar-refractivity contribution in [2.24, 2.45) is 0 Å². The van der Waals surface area contributed by atoms with Gasteiger partial charge in [-0.3, -0.25) is 14.9 Å². The zero-order valence-corrected chi connectivity index (χ0v) is 7.19. The lowest BCUT2D eigenvalue weighted by Gasteiger charge is -1.98. The van der Waals surface area contributed by atoms with Crippen LogP contribution in [0.1, 0.15) is 22.8 Å². The van der Waals surface area contributed by atoms with Crippen LogP contribution in [0.15, 0.2) is 18.2 Å². The first kappa shape index (κ1) is 9.38. The van der Waals surface area contributed by atoms with Gasteiger partial charge in [-0.1, -0.05) is 13.0 Å². The van der Waals surface area contributed by atoms with Gasteiger partial charge in [-0.25, -0.2) is 0 Å². The summed E-state index contributed by atoms with van der Waals surface area (Å²) in [5.41, 5.74) is 0.869. The third-order valence-corrected chi connectivity index (χ3v) is 1.83. The first-order valence-electron chi connectivity index (χ1n) is 3.91. The third-order valence-electron chi connectivity index (χ3n) is 1.83. The Morgan fingerprint density at radius 1 is 1.54 bits per heavy atom. The normalized spacial score (nSPS) is 9.62. The highest BCUT2D eigenvalue weighted by Gasteiger charge is 2.12. The van der Waals surface area contributed by atoms with Gasteiger partial charge in [0.15, 0.2) is 6.29 Å². The monoisotopic (exact) mass is 179 g/mol. The Labute approximate surface area is 75.3 Å². The number of nitro groups is 1. The number of benzene rings is 1. The van der Waals surface area contributed by atoms with Crippen LogP contribution in [-0.2, 0) is 6.42 Å². The lowest BCUT2D eigenvalue weighted by Crippen LogP contribution is -1.95. The topological polar surface area (TPSA) is 60.2 Å². The number of aldehydes is 1. The molecule has 0 radical (unpaired) electrons. The predicted molar refractivity (Wildman–Crippen MR) is 47.9 cm³/mol. The highest BCUT2D eigenvalue weighted by molar-refractivity contribution is 5.81. The maximum atomic E-state index is 10.5. The minimum atomic E-state index is -0.539. The Morgan fingerprint density at radius 3 is 2.69 bits per heavy atom. The molecule has 0 N–H and O–H groups in total. The number of carbonyl (C=O) groups is 1. The summed E-state index contributed by atoms with van der Waals surface area (Å²) in [7, 11) is 0. The van der Waals surface area contributed by atoms with Crippen LogP contribution < -0.4 is 0 Å². The van der Waals surface area contributed by atoms with Gasteiger partial charge >= 0.3 is 0 Å². The third kappa shape index (κ3) is 1.90. The van der Waals surface area contributed by atoms with E-state index in [0.29, 0.717) is 6.29 Å². The van der Waals surface area contributed by atoms with Gasteiger partial charge in [0, 0.05) is 6.07 Å². The van der Waals surface area contributed by atoms with Crippen LogP contribution in [0.4, 0.5) is 5.69 Å². The first-order chi connectivity index (χ1) is 6.19. The maximum Gasteiger partial charge on any atom is 0.280 e. The number of hydrogen-bond acceptors (Lipinski definition) is 3. The zero-order chi connectivity index (χ0) is 9.84. The van der Waals surface area contributed by atoms with E-state index in [0.717, 1.165) is 12.0 Å². The van der Waals surface area contributed by atoms with Crippen LogP contribution in [0.25, 0.3) is 0 Å². The number of aryl methyl sites for hydroxylation is 1. The molecule has 0 bridgehead atoms. The Hall–Kier alpha value is -1.71. The molecule has 0 fully saturated rings. The quantitative estimate of drug-likeness (QED) is 0.405. The van der Waals surface area contributed by atoms with Crippen molar-refractivity contribution in [2.75, 3.05) is 0 Å². The summed E-state index contributed by atoms with van der Waals surface area (Å²) in [6.45, 7) is 1.90. The second-order valence-corrected chi connectivity index (χ2v) is 2.62. The van der Waals surface area contributed by atoms with Gasteiger partial charge in [-0.2, -0.15) is 0 Å². The van der Waals surface area contributed by atoms with Crippen molar-refractivity contribution >= 4 is 12.0 Å². The van der Waals surface area contributed by atoms with Gasteiger partial charge < -0.3 is 0 Å². The molecule has 0 saturated carbocycles. The summed E-state index contributed by atoms with van der Waals surface area (Å²) < 4.78 is 0. The molecule has 1 aromatic carbocycles. The fraction of sp³-hybridized carbons (Fsp3) is 0.222. The van der Waals surface area contributed by atoms with Gasteiger partial charge in [0.25, 0.3) is 5.69 Å². The average molecular weight is 179 g/mol. The Balaban J connectivity index is 3.25. The number of nitro benzene ring substituents is 1. The SMILES string of the molecule is CCc1ccc(C=O)c([N+](=O)[O-])c1. The van der Waals surface area contributed by atoms with Crippen LogP contribution in [0, 0.1) is 10.1 Å². The minimum absolute atomic E-state index is 0.116. The van der Waals surface area contributed by atoms with Crippen molar-refractivity contribution in [1.29, 1.82) is 0 Å². The van der Waals surface area contributed by atoms with Crippen molar-refractivity contribution in [3.05, 3.63) is 39.4 Å². The standard InChI is InChI=1S/C9H9NO3/c1-2-7-3-4-8(6-11)9(5-7)10(12)13/h3-6H,2H2,1H3. The number of carbonyl (C=O) groups excluding carboxylic acids is 1. The molecule has 0 heterocycles. The van der Waals surface area contributed by atoms with Crippen LogP contribution in [0.2, 0.25) is 0 Å². The maximum absolute atomic E-state index is 10.5. The molecule has 0 atom stereocenters. The second-order valence-electron chi connectivity index (χ2n) is 2.62. The van der Waals surface area contributed by atoms with E-state index in [1.54, 1.807) is 6.07 Å². The Kier molecular flexibility index (Phi) is 2.74. The number of nitrogens with zero attached hydrogens (tertiary/aromatic N) is 1. The highest BCUT2D eigenvalue weighted by Crippen LogP contribution is 2.18. The first-order valence-corrected chi connectivity index (χ1v) is 3.91. The van der Waals surface area contributed by atoms with Crippen molar-refractivity contribution in [1.82, 2.24) is 0 Å². The van der Waals surface area contributed by atoms with Gasteiger partial charge in [0.2, 0.25) is 0 Å². The predicted octanol–water partition coefficient (Wildman–Crippen LogP) is 1.97. The molecule has 0 aliphatic carbocycles. The molecule has 0 unspecified atom stereocenters. The van der Waals surface area contributed by atoms with Crippen molar-refractivity contribution in [3.63, 3.8) is 0 Å². The van der Waals surface area contributed by atoms with Crippen LogP contribution in [-0.4, -0.2) is 11.2 Å². The molecule has 1 rings (SSSR count). The van der Waals surface area contributed by atoms with E-state index in [1.807, 2.05) is 6.92 Å². The van der Waals surface area contributed by atoms with Crippen LogP contribution >= 0.6 is 0 Å². The minimum Gasteiger partial charge on any atom is -0.298 e. The highest BCUT2D eigenvalue weighted by atomic mass is 16.6. The Morgan fingerprint density at radius 2 is 2.23 bits per heavy atom. The molecule has 0 aromatic heterocycles. The average Bonchev–Trinajstić information content (AvgIpc) is 2.16. The van der Waals surface area contributed by atoms with Crippen LogP contribution in [0.5, 0.6) is 0 Å². The van der Waals surface area contributed by atoms with E-state index >= 15 is 0 Å². The second kappa shape index (κ2) is 3.80. The lowest BCUT2D eigenvalue weighted by molar-refractivity contribution is -0.385. The van der Waals surface area contributed by atoms with Gasteiger partial charge in [-0.15, -0.1) is 0 Å². The molecule has 4 nitrogen and oxygen atoms in total. The van der Waals surface area contributed by atoms with Gasteiger partial charge in [0.1, 0.15) is 0 Å². The molecule has 68 valence electrons. The smallest absolute Gasteiger partial charge is 0.280 e. The summed E-state index contributed by atoms with van der Waals surface area (Å²) in [6.07, 6.45) is 1.22. The fourth-order valence-corrected chi connectivity index (χ4v) is 1.07. The molecule has 0 amide bonds. The van der Waals surface area contributed by atoms with Crippen molar-refractivity contribution in [3.8, 4) is 0 Å². The molecule has 1 aromatic rings. The van der Waals surface area contributed by atoms with E-state index in [1.165, 1.54) is 12.1 Å². The van der Waals surface area contributed by atoms with E-state index in [2.05, 4.69) is 0 Å². The summed E-state index contributed by atoms with van der Waals surface area (Å²) in [4.78, 5) is 20.4. The molecule has 0 aliphatic rings. The van der Waals surface area contributed by atoms with E-state index in [-0.39, 0.29) is 11.3 Å². The molecule has 0 spiro atoms. The molecular weight excluding hydrogens is 170 g/mol. The molecule has 0 saturated heterocycles. The largest absolute Gasteiger partial charge is 0.298 e. The Bertz CT molecular complexity index is 347. The number of rotatable bonds is 3. The van der Waals surface area contributed by atoms with Gasteiger partial charge in [0.05, 0.1) is 10.5 Å². The summed E-state index contributed by atoms with van der Waals surface area (Å²) in [5.74, 6) is 0. The van der Waals surface area contributed by atoms with Crippen molar-refractivity contribution < 1.29 is 9.72 Å². The van der Waals surface area contributed by atoms with Crippen LogP contribution in [0.3, 0.4) is 0 Å². The fourth-order valence-electron chi connectivity index (χ4n) is 1.07. The summed E-state index contributed by atoms with van der Waals surface area (Å²) >= 11 is 0. The molecule has 4 heteroatoms. The molecule has 0 aliphatic heterocycles. The summed E-state index contributed by atoms with van der Waals surface area (Å²) in [5, 5.41) is 10.5. The lowest BCUT2D eigenvalue weighted by atomic mass is 10.1. The summed E-state index contributed by atoms with van der Waals surface area (Å²) in [6, 6.07) is 4.63. The van der Waals surface area contributed by atoms with E-state index in [9.17, 15) is 14.9 Å². The van der Waals surface area contributed by atoms with Crippen molar-refractivity contribution in [2.45, 2.75) is 13.3 Å². The van der Waals surface area contributed by atoms with E-state index in [4.69, 9.17) is 0 Å². The number of hydrogen-bond donors (Lipinski definition) is 0. The zero-order valence-electron chi connectivity index (χ0n) is 7.19. The molecular formula is C9H9NO3. The molecule has 13 heavy (non-hydrogen) atoms. The van der Waals surface area contributed by atoms with E-state index < -0.39 is 4.92 Å². The van der Waals surface area contributed by atoms with Gasteiger partial charge in [-0.05, 0) is 18.1 Å².